The largest absolute Gasteiger partial charge is 0.508 e. The zero-order valence-electron chi connectivity index (χ0n) is 12.0. The van der Waals surface area contributed by atoms with Crippen molar-refractivity contribution in [3.63, 3.8) is 0 Å². The van der Waals surface area contributed by atoms with Crippen LogP contribution < -0.4 is 5.73 Å². The minimum absolute atomic E-state index is 0.0336. The number of rotatable bonds is 6. The van der Waals surface area contributed by atoms with Gasteiger partial charge < -0.3 is 15.7 Å². The minimum Gasteiger partial charge on any atom is -0.508 e. The second-order valence-corrected chi connectivity index (χ2v) is 5.42. The number of hydrogen-bond acceptors (Lipinski definition) is 3. The molecule has 1 amide bonds. The molecule has 0 unspecified atom stereocenters. The third-order valence-electron chi connectivity index (χ3n) is 3.13. The highest BCUT2D eigenvalue weighted by Crippen LogP contribution is 2.11. The lowest BCUT2D eigenvalue weighted by atomic mass is 10.0. The van der Waals surface area contributed by atoms with Gasteiger partial charge in [0.1, 0.15) is 5.75 Å². The molecule has 4 nitrogen and oxygen atoms in total. The summed E-state index contributed by atoms with van der Waals surface area (Å²) in [4.78, 5) is 13.8. The number of nitrogens with two attached hydrogens (primary N) is 1. The van der Waals surface area contributed by atoms with Gasteiger partial charge in [-0.3, -0.25) is 4.79 Å². The van der Waals surface area contributed by atoms with Crippen LogP contribution in [0, 0.1) is 5.92 Å². The Morgan fingerprint density at radius 2 is 1.89 bits per heavy atom. The number of carbonyl (C=O) groups excluding carboxylic acids is 1. The smallest absolute Gasteiger partial charge is 0.239 e. The van der Waals surface area contributed by atoms with E-state index in [9.17, 15) is 9.90 Å². The van der Waals surface area contributed by atoms with E-state index in [-0.39, 0.29) is 11.7 Å². The van der Waals surface area contributed by atoms with E-state index in [1.807, 2.05) is 0 Å². The standard InChI is InChI=1S/C15H24N2O2/c1-11(2)8-9-17(3)15(19)14(16)10-12-4-6-13(18)7-5-12/h4-7,11,14,18H,8-10,16H2,1-3H3/t14-/m1/s1. The molecular weight excluding hydrogens is 240 g/mol. The maximum atomic E-state index is 12.1. The van der Waals surface area contributed by atoms with E-state index in [1.54, 1.807) is 36.2 Å². The van der Waals surface area contributed by atoms with Gasteiger partial charge in [-0.2, -0.15) is 0 Å². The molecule has 0 aliphatic heterocycles. The molecule has 1 aromatic rings. The Balaban J connectivity index is 2.50. The zero-order valence-corrected chi connectivity index (χ0v) is 12.0. The molecule has 0 aliphatic rings. The van der Waals surface area contributed by atoms with Crippen LogP contribution in [-0.2, 0) is 11.2 Å². The summed E-state index contributed by atoms with van der Waals surface area (Å²) in [6.07, 6.45) is 1.47. The van der Waals surface area contributed by atoms with Gasteiger partial charge in [-0.1, -0.05) is 26.0 Å². The molecule has 0 aromatic heterocycles. The zero-order chi connectivity index (χ0) is 14.4. The first-order chi connectivity index (χ1) is 8.90. The lowest BCUT2D eigenvalue weighted by Gasteiger charge is -2.22. The highest BCUT2D eigenvalue weighted by molar-refractivity contribution is 5.81. The van der Waals surface area contributed by atoms with Crippen LogP contribution in [0.25, 0.3) is 0 Å². The van der Waals surface area contributed by atoms with Gasteiger partial charge in [-0.25, -0.2) is 0 Å². The van der Waals surface area contributed by atoms with Crippen LogP contribution >= 0.6 is 0 Å². The van der Waals surface area contributed by atoms with Crippen LogP contribution in [0.1, 0.15) is 25.8 Å². The second kappa shape index (κ2) is 7.14. The van der Waals surface area contributed by atoms with E-state index in [1.165, 1.54) is 0 Å². The summed E-state index contributed by atoms with van der Waals surface area (Å²) < 4.78 is 0. The highest BCUT2D eigenvalue weighted by Gasteiger charge is 2.18. The monoisotopic (exact) mass is 264 g/mol. The SMILES string of the molecule is CC(C)CCN(C)C(=O)[C@H](N)Cc1ccc(O)cc1. The fourth-order valence-electron chi connectivity index (χ4n) is 1.82. The van der Waals surface area contributed by atoms with Gasteiger partial charge in [-0.15, -0.1) is 0 Å². The Kier molecular flexibility index (Phi) is 5.83. The molecule has 1 aromatic carbocycles. The third kappa shape index (κ3) is 5.30. The number of hydrogen-bond donors (Lipinski definition) is 2. The Hall–Kier alpha value is -1.55. The molecule has 19 heavy (non-hydrogen) atoms. The molecule has 0 bridgehead atoms. The Morgan fingerprint density at radius 3 is 2.42 bits per heavy atom. The first-order valence-electron chi connectivity index (χ1n) is 6.68. The van der Waals surface area contributed by atoms with Crippen LogP contribution in [0.3, 0.4) is 0 Å². The van der Waals surface area contributed by atoms with Crippen molar-refractivity contribution in [1.29, 1.82) is 0 Å². The fourth-order valence-corrected chi connectivity index (χ4v) is 1.82. The van der Waals surface area contributed by atoms with Crippen molar-refractivity contribution in [2.45, 2.75) is 32.7 Å². The predicted octanol–water partition coefficient (Wildman–Crippen LogP) is 1.77. The summed E-state index contributed by atoms with van der Waals surface area (Å²) >= 11 is 0. The van der Waals surface area contributed by atoms with Crippen molar-refractivity contribution >= 4 is 5.91 Å². The minimum atomic E-state index is -0.526. The molecule has 0 saturated heterocycles. The summed E-state index contributed by atoms with van der Waals surface area (Å²) in [6.45, 7) is 5.00. The van der Waals surface area contributed by atoms with E-state index in [0.717, 1.165) is 18.5 Å². The first-order valence-corrected chi connectivity index (χ1v) is 6.68. The summed E-state index contributed by atoms with van der Waals surface area (Å²) in [5.74, 6) is 0.759. The number of amides is 1. The van der Waals surface area contributed by atoms with Crippen LogP contribution in [0.4, 0.5) is 0 Å². The lowest BCUT2D eigenvalue weighted by molar-refractivity contribution is -0.131. The number of aromatic hydroxyl groups is 1. The van der Waals surface area contributed by atoms with Gasteiger partial charge in [0.15, 0.2) is 0 Å². The highest BCUT2D eigenvalue weighted by atomic mass is 16.3. The van der Waals surface area contributed by atoms with Gasteiger partial charge in [0.05, 0.1) is 6.04 Å². The predicted molar refractivity (Wildman–Crippen MR) is 76.9 cm³/mol. The van der Waals surface area contributed by atoms with Crippen molar-refractivity contribution in [3.8, 4) is 5.75 Å². The average Bonchev–Trinajstić information content (AvgIpc) is 2.37. The number of phenols is 1. The van der Waals surface area contributed by atoms with E-state index < -0.39 is 6.04 Å². The Labute approximate surface area is 115 Å². The Bertz CT molecular complexity index is 401. The summed E-state index contributed by atoms with van der Waals surface area (Å²) in [7, 11) is 1.79. The fraction of sp³-hybridized carbons (Fsp3) is 0.533. The molecule has 0 saturated carbocycles. The maximum absolute atomic E-state index is 12.1. The molecule has 4 heteroatoms. The first kappa shape index (κ1) is 15.5. The normalized spacial score (nSPS) is 12.5. The van der Waals surface area contributed by atoms with Gasteiger partial charge >= 0.3 is 0 Å². The van der Waals surface area contributed by atoms with Crippen LogP contribution in [0.2, 0.25) is 0 Å². The molecule has 0 fully saturated rings. The number of benzene rings is 1. The average molecular weight is 264 g/mol. The maximum Gasteiger partial charge on any atom is 0.239 e. The third-order valence-corrected chi connectivity index (χ3v) is 3.13. The van der Waals surface area contributed by atoms with Crippen molar-refractivity contribution in [1.82, 2.24) is 4.90 Å². The van der Waals surface area contributed by atoms with Crippen molar-refractivity contribution in [2.24, 2.45) is 11.7 Å². The molecule has 0 heterocycles. The van der Waals surface area contributed by atoms with Crippen molar-refractivity contribution < 1.29 is 9.90 Å². The van der Waals surface area contributed by atoms with Crippen molar-refractivity contribution in [3.05, 3.63) is 29.8 Å². The molecular formula is C15H24N2O2. The molecule has 0 radical (unpaired) electrons. The van der Waals surface area contributed by atoms with Crippen LogP contribution in [0.15, 0.2) is 24.3 Å². The second-order valence-electron chi connectivity index (χ2n) is 5.42. The molecule has 106 valence electrons. The molecule has 0 aliphatic carbocycles. The Morgan fingerprint density at radius 1 is 1.32 bits per heavy atom. The molecule has 3 N–H and O–H groups in total. The van der Waals surface area contributed by atoms with Crippen LogP contribution in [0.5, 0.6) is 5.75 Å². The van der Waals surface area contributed by atoms with E-state index in [0.29, 0.717) is 12.3 Å². The van der Waals surface area contributed by atoms with Gasteiger partial charge in [-0.05, 0) is 36.5 Å². The molecule has 1 atom stereocenters. The molecule has 1 rings (SSSR count). The van der Waals surface area contributed by atoms with Gasteiger partial charge in [0.25, 0.3) is 0 Å². The summed E-state index contributed by atoms with van der Waals surface area (Å²) in [5.41, 5.74) is 6.90. The number of carbonyl (C=O) groups is 1. The quantitative estimate of drug-likeness (QED) is 0.823. The van der Waals surface area contributed by atoms with Crippen molar-refractivity contribution in [2.75, 3.05) is 13.6 Å². The van der Waals surface area contributed by atoms with Gasteiger partial charge in [0, 0.05) is 13.6 Å². The molecule has 0 spiro atoms. The van der Waals surface area contributed by atoms with Crippen LogP contribution in [-0.4, -0.2) is 35.5 Å². The van der Waals surface area contributed by atoms with Gasteiger partial charge in [0.2, 0.25) is 5.91 Å². The number of phenolic OH excluding ortho intramolecular Hbond substituents is 1. The van der Waals surface area contributed by atoms with E-state index in [2.05, 4.69) is 13.8 Å². The number of nitrogens with zero attached hydrogens (tertiary/aromatic N) is 1. The summed E-state index contributed by atoms with van der Waals surface area (Å²) in [5, 5.41) is 9.20. The number of likely N-dealkylation sites (N-methyl/N-ethyl adjacent to an activating group) is 1. The lowest BCUT2D eigenvalue weighted by Crippen LogP contribution is -2.43. The van der Waals surface area contributed by atoms with E-state index in [4.69, 9.17) is 5.73 Å². The van der Waals surface area contributed by atoms with E-state index >= 15 is 0 Å². The summed E-state index contributed by atoms with van der Waals surface area (Å²) in [6, 6.07) is 6.26. The topological polar surface area (TPSA) is 66.6 Å².